The van der Waals surface area contributed by atoms with E-state index in [-0.39, 0.29) is 104 Å². The van der Waals surface area contributed by atoms with Crippen LogP contribution in [-0.2, 0) is 24.0 Å². The molecule has 4 fully saturated rings. The van der Waals surface area contributed by atoms with Crippen molar-refractivity contribution in [2.45, 2.75) is 108 Å². The summed E-state index contributed by atoms with van der Waals surface area (Å²) >= 11 is 7.01. The highest BCUT2D eigenvalue weighted by atomic mass is 35.5. The molecule has 12 nitrogen and oxygen atoms in total. The van der Waals surface area contributed by atoms with Gasteiger partial charge in [-0.3, -0.25) is 9.80 Å². The van der Waals surface area contributed by atoms with Crippen molar-refractivity contribution in [3.63, 3.8) is 0 Å². The molecule has 368 valence electrons. The van der Waals surface area contributed by atoms with Crippen molar-refractivity contribution in [2.24, 2.45) is 0 Å². The quantitative estimate of drug-likeness (QED) is 0.112. The van der Waals surface area contributed by atoms with E-state index in [0.29, 0.717) is 24.3 Å². The molecule has 5 aromatic rings. The maximum atomic E-state index is 17.9. The van der Waals surface area contributed by atoms with E-state index >= 15 is 17.6 Å². The third-order valence-electron chi connectivity index (χ3n) is 13.5. The van der Waals surface area contributed by atoms with E-state index in [1.54, 1.807) is 74.0 Å². The number of nitrogens with zero attached hydrogens (tertiary/aromatic N) is 7. The van der Waals surface area contributed by atoms with Crippen LogP contribution < -0.4 is 24.0 Å². The number of carbonyl (C=O) groups excluding carboxylic acids is 1. The van der Waals surface area contributed by atoms with Crippen LogP contribution in [0.2, 0.25) is 5.02 Å². The lowest BCUT2D eigenvalue weighted by Crippen LogP contribution is -2.57. The van der Waals surface area contributed by atoms with E-state index in [1.165, 1.54) is 19.1 Å². The molecule has 2 bridgehead atoms. The number of piperazine rings is 1. The van der Waals surface area contributed by atoms with Crippen molar-refractivity contribution in [3.05, 3.63) is 93.8 Å². The van der Waals surface area contributed by atoms with Crippen molar-refractivity contribution in [2.75, 3.05) is 56.8 Å². The normalized spacial score (nSPS) is 22.6. The first-order valence-corrected chi connectivity index (χ1v) is 23.3. The van der Waals surface area contributed by atoms with Gasteiger partial charge in [-0.25, -0.2) is 22.9 Å². The van der Waals surface area contributed by atoms with Gasteiger partial charge in [0.25, 0.3) is 0 Å². The summed E-state index contributed by atoms with van der Waals surface area (Å²) in [4.78, 5) is 34.4. The Hall–Kier alpha value is -5.75. The smallest absolute Gasteiger partial charge is 0.418 e. The fourth-order valence-corrected chi connectivity index (χ4v) is 10.8. The van der Waals surface area contributed by atoms with Gasteiger partial charge >= 0.3 is 18.3 Å². The van der Waals surface area contributed by atoms with Gasteiger partial charge in [0.1, 0.15) is 53.2 Å². The summed E-state index contributed by atoms with van der Waals surface area (Å²) in [6.07, 6.45) is -6.60. The number of aryl methyl sites for hydroxylation is 1. The van der Waals surface area contributed by atoms with Crippen molar-refractivity contribution in [1.29, 1.82) is 0 Å². The minimum absolute atomic E-state index is 0.00743. The molecule has 3 aromatic carbocycles. The van der Waals surface area contributed by atoms with Gasteiger partial charge in [-0.05, 0) is 93.6 Å². The first-order valence-electron chi connectivity index (χ1n) is 22.9. The highest BCUT2D eigenvalue weighted by Gasteiger charge is 2.53. The lowest BCUT2D eigenvalue weighted by Gasteiger charge is -2.42. The molecule has 4 saturated heterocycles. The van der Waals surface area contributed by atoms with E-state index in [4.69, 9.17) is 35.5 Å². The number of aromatic nitrogens is 3. The van der Waals surface area contributed by atoms with Crippen LogP contribution in [-0.4, -0.2) is 113 Å². The number of pyridine rings is 1. The number of methoxy groups -OCH3 is 2. The molecule has 0 spiro atoms. The Bertz CT molecular complexity index is 2650. The fourth-order valence-electron chi connectivity index (χ4n) is 10.5. The Morgan fingerprint density at radius 3 is 1.93 bits per heavy atom. The maximum Gasteiger partial charge on any atom is 0.418 e. The molecular formula is C50H54ClF6N7O5. The standard InChI is InChI=1S/C50H54ClF6N7O5/c1-28-17-39(61(21-29-7-13-35(66-5)14-8-29)22-30-9-15-36(67-6)16-10-30)58-44(41(28)50(55,56)57)40-38(51)18-37-43(42(40)54)59-46(68-27-49-19-31(52)23-63(49)24-32(53)20-49)60-45(37)62-25-33-11-12-34(26-62)64(33)47(65)69-48(2,3)4/h7-10,13-18,31-34H,11-12,19-27H2,1-6H3/t31-,32?,33?,34?,49?/m1/s1. The number of carbonyl (C=O) groups is 1. The molecule has 9 rings (SSSR count). The molecule has 6 heterocycles. The van der Waals surface area contributed by atoms with Crippen molar-refractivity contribution in [3.8, 4) is 28.8 Å². The number of alkyl halides is 5. The summed E-state index contributed by atoms with van der Waals surface area (Å²) < 4.78 is 116. The summed E-state index contributed by atoms with van der Waals surface area (Å²) in [5.41, 5.74) is -3.38. The van der Waals surface area contributed by atoms with E-state index in [0.717, 1.165) is 11.1 Å². The summed E-state index contributed by atoms with van der Waals surface area (Å²) in [5.74, 6) is 0.300. The number of amides is 1. The Morgan fingerprint density at radius 1 is 0.841 bits per heavy atom. The van der Waals surface area contributed by atoms with E-state index < -0.39 is 63.9 Å². The van der Waals surface area contributed by atoms with Gasteiger partial charge in [-0.2, -0.15) is 23.1 Å². The second kappa shape index (κ2) is 18.5. The Morgan fingerprint density at radius 2 is 1.41 bits per heavy atom. The monoisotopic (exact) mass is 981 g/mol. The number of hydrogen-bond acceptors (Lipinski definition) is 11. The predicted octanol–water partition coefficient (Wildman–Crippen LogP) is 10.5. The third kappa shape index (κ3) is 9.75. The molecule has 0 aliphatic carbocycles. The first kappa shape index (κ1) is 48.3. The van der Waals surface area contributed by atoms with Gasteiger partial charge in [-0.15, -0.1) is 0 Å². The molecule has 5 atom stereocenters. The van der Waals surface area contributed by atoms with Crippen molar-refractivity contribution in [1.82, 2.24) is 24.8 Å². The number of rotatable bonds is 12. The van der Waals surface area contributed by atoms with Crippen molar-refractivity contribution >= 4 is 40.2 Å². The van der Waals surface area contributed by atoms with Crippen LogP contribution in [0.5, 0.6) is 17.5 Å². The molecule has 19 heteroatoms. The Labute approximate surface area is 401 Å². The highest BCUT2D eigenvalue weighted by molar-refractivity contribution is 6.34. The van der Waals surface area contributed by atoms with Gasteiger partial charge in [-0.1, -0.05) is 35.9 Å². The predicted molar refractivity (Wildman–Crippen MR) is 249 cm³/mol. The zero-order chi connectivity index (χ0) is 49.2. The zero-order valence-electron chi connectivity index (χ0n) is 39.2. The summed E-state index contributed by atoms with van der Waals surface area (Å²) in [5, 5.41) is -0.301. The zero-order valence-corrected chi connectivity index (χ0v) is 39.9. The molecule has 0 N–H and O–H groups in total. The molecule has 0 radical (unpaired) electrons. The van der Waals surface area contributed by atoms with Crippen LogP contribution in [0.1, 0.15) is 68.7 Å². The molecule has 2 aromatic heterocycles. The maximum absolute atomic E-state index is 17.9. The number of halogens is 7. The number of fused-ring (bicyclic) bond motifs is 4. The van der Waals surface area contributed by atoms with Crippen LogP contribution in [0.4, 0.5) is 42.8 Å². The summed E-state index contributed by atoms with van der Waals surface area (Å²) in [6.45, 7) is 7.34. The fraction of sp³-hybridized carbons (Fsp3) is 0.480. The average Bonchev–Trinajstić information content (AvgIpc) is 3.86. The van der Waals surface area contributed by atoms with Gasteiger partial charge in [0.15, 0.2) is 5.82 Å². The molecule has 4 aliphatic rings. The molecular weight excluding hydrogens is 928 g/mol. The summed E-state index contributed by atoms with van der Waals surface area (Å²) in [7, 11) is 3.08. The number of hydrogen-bond donors (Lipinski definition) is 0. The largest absolute Gasteiger partial charge is 0.497 e. The van der Waals surface area contributed by atoms with Crippen LogP contribution in [0.3, 0.4) is 0 Å². The van der Waals surface area contributed by atoms with Crippen LogP contribution in [0, 0.1) is 12.7 Å². The van der Waals surface area contributed by atoms with Gasteiger partial charge in [0, 0.05) is 57.5 Å². The first-order chi connectivity index (χ1) is 32.7. The topological polar surface area (TPSA) is 106 Å². The number of benzene rings is 3. The van der Waals surface area contributed by atoms with E-state index in [2.05, 4.69) is 9.97 Å². The number of anilines is 2. The van der Waals surface area contributed by atoms with Gasteiger partial charge < -0.3 is 28.7 Å². The van der Waals surface area contributed by atoms with Gasteiger partial charge in [0.05, 0.1) is 53.7 Å². The van der Waals surface area contributed by atoms with Gasteiger partial charge in [0.2, 0.25) is 0 Å². The van der Waals surface area contributed by atoms with Crippen LogP contribution in [0.15, 0.2) is 60.7 Å². The molecule has 4 aliphatic heterocycles. The Kier molecular flexibility index (Phi) is 13.0. The molecule has 1 amide bonds. The lowest BCUT2D eigenvalue weighted by atomic mass is 9.94. The molecule has 0 saturated carbocycles. The number of ether oxygens (including phenoxy) is 4. The second-order valence-corrected chi connectivity index (χ2v) is 19.9. The van der Waals surface area contributed by atoms with E-state index in [9.17, 15) is 13.6 Å². The third-order valence-corrected chi connectivity index (χ3v) is 13.8. The van der Waals surface area contributed by atoms with Crippen LogP contribution >= 0.6 is 11.6 Å². The lowest BCUT2D eigenvalue weighted by molar-refractivity contribution is -0.137. The van der Waals surface area contributed by atoms with Crippen molar-refractivity contribution < 1.29 is 50.1 Å². The van der Waals surface area contributed by atoms with Crippen LogP contribution in [0.25, 0.3) is 22.2 Å². The second-order valence-electron chi connectivity index (χ2n) is 19.5. The average molecular weight is 982 g/mol. The molecule has 4 unspecified atom stereocenters. The Balaban J connectivity index is 1.17. The molecule has 69 heavy (non-hydrogen) atoms. The minimum Gasteiger partial charge on any atom is -0.497 e. The SMILES string of the molecule is COc1ccc(CN(Cc2ccc(OC)cc2)c2cc(C)c(C(F)(F)F)c(-c3c(Cl)cc4c(N5CC6CCC(C5)N6C(=O)OC(C)(C)C)nc(OCC56CC(F)CN5C[C@H](F)C6)nc4c3F)n2)cc1. The summed E-state index contributed by atoms with van der Waals surface area (Å²) in [6, 6.07) is 16.1. The highest BCUT2D eigenvalue weighted by Crippen LogP contribution is 2.47. The van der Waals surface area contributed by atoms with E-state index in [1.807, 2.05) is 29.2 Å². The minimum atomic E-state index is -5.01.